The monoisotopic (exact) mass is 291 g/mol. The molecule has 1 unspecified atom stereocenters. The molecule has 0 aliphatic rings. The van der Waals surface area contributed by atoms with Crippen LogP contribution in [0.2, 0.25) is 0 Å². The van der Waals surface area contributed by atoms with Crippen molar-refractivity contribution < 1.29 is 8.78 Å². The van der Waals surface area contributed by atoms with Crippen molar-refractivity contribution >= 4 is 21.6 Å². The lowest BCUT2D eigenvalue weighted by Gasteiger charge is -2.13. The fourth-order valence-electron chi connectivity index (χ4n) is 1.54. The number of hydrogen-bond acceptors (Lipinski definition) is 1. The lowest BCUT2D eigenvalue weighted by molar-refractivity contribution is 0.546. The Kier molecular flexibility index (Phi) is 5.19. The van der Waals surface area contributed by atoms with Crippen LogP contribution >= 0.6 is 15.9 Å². The Morgan fingerprint density at radius 3 is 2.62 bits per heavy atom. The van der Waals surface area contributed by atoms with E-state index in [0.29, 0.717) is 12.5 Å². The second kappa shape index (κ2) is 6.18. The van der Waals surface area contributed by atoms with Crippen LogP contribution in [0.25, 0.3) is 0 Å². The molecule has 0 bridgehead atoms. The van der Waals surface area contributed by atoms with Gasteiger partial charge in [-0.15, -0.1) is 0 Å². The molecule has 0 radical (unpaired) electrons. The summed E-state index contributed by atoms with van der Waals surface area (Å²) in [6.07, 6.45) is 2.17. The average Bonchev–Trinajstić information content (AvgIpc) is 2.22. The Labute approximate surface area is 103 Å². The molecule has 1 atom stereocenters. The third-order valence-corrected chi connectivity index (χ3v) is 3.04. The molecule has 1 aromatic carbocycles. The molecule has 4 heteroatoms. The Bertz CT molecular complexity index is 355. The van der Waals surface area contributed by atoms with E-state index in [9.17, 15) is 8.78 Å². The third-order valence-electron chi connectivity index (χ3n) is 2.43. The highest BCUT2D eigenvalue weighted by molar-refractivity contribution is 9.10. The zero-order valence-electron chi connectivity index (χ0n) is 9.49. The van der Waals surface area contributed by atoms with Crippen LogP contribution in [-0.2, 0) is 0 Å². The molecule has 1 rings (SSSR count). The first-order chi connectivity index (χ1) is 7.54. The fraction of sp³-hybridized carbons (Fsp3) is 0.500. The Morgan fingerprint density at radius 1 is 1.31 bits per heavy atom. The number of anilines is 1. The zero-order valence-corrected chi connectivity index (χ0v) is 11.1. The standard InChI is InChI=1S/C12H16BrF2N/c1-3-4-8(2)7-16-12-6-10(14)9(13)5-11(12)15/h5-6,8,16H,3-4,7H2,1-2H3. The number of rotatable bonds is 5. The van der Waals surface area contributed by atoms with Crippen LogP contribution in [0.3, 0.4) is 0 Å². The van der Waals surface area contributed by atoms with Gasteiger partial charge in [-0.25, -0.2) is 8.78 Å². The summed E-state index contributed by atoms with van der Waals surface area (Å²) in [5.74, 6) is -0.430. The Hall–Kier alpha value is -0.640. The highest BCUT2D eigenvalue weighted by Crippen LogP contribution is 2.23. The van der Waals surface area contributed by atoms with Crippen LogP contribution in [0, 0.1) is 17.6 Å². The van der Waals surface area contributed by atoms with Crippen molar-refractivity contribution in [2.45, 2.75) is 26.7 Å². The molecule has 0 heterocycles. The van der Waals surface area contributed by atoms with Gasteiger partial charge in [-0.1, -0.05) is 20.3 Å². The molecule has 0 aliphatic carbocycles. The van der Waals surface area contributed by atoms with Crippen molar-refractivity contribution in [1.82, 2.24) is 0 Å². The van der Waals surface area contributed by atoms with Crippen molar-refractivity contribution in [3.05, 3.63) is 28.2 Å². The lowest BCUT2D eigenvalue weighted by Crippen LogP contribution is -2.12. The van der Waals surface area contributed by atoms with Gasteiger partial charge in [0.05, 0.1) is 10.2 Å². The van der Waals surface area contributed by atoms with E-state index in [4.69, 9.17) is 0 Å². The minimum absolute atomic E-state index is 0.150. The molecule has 0 aliphatic heterocycles. The van der Waals surface area contributed by atoms with Gasteiger partial charge in [0.25, 0.3) is 0 Å². The van der Waals surface area contributed by atoms with Crippen molar-refractivity contribution in [2.75, 3.05) is 11.9 Å². The molecule has 0 spiro atoms. The fourth-order valence-corrected chi connectivity index (χ4v) is 1.85. The first-order valence-corrected chi connectivity index (χ1v) is 6.22. The van der Waals surface area contributed by atoms with Crippen LogP contribution in [0.15, 0.2) is 16.6 Å². The van der Waals surface area contributed by atoms with Crippen molar-refractivity contribution in [2.24, 2.45) is 5.92 Å². The quantitative estimate of drug-likeness (QED) is 0.783. The molecule has 1 N–H and O–H groups in total. The lowest BCUT2D eigenvalue weighted by atomic mass is 10.1. The smallest absolute Gasteiger partial charge is 0.147 e. The summed E-state index contributed by atoms with van der Waals surface area (Å²) in [6, 6.07) is 2.32. The predicted molar refractivity (Wildman–Crippen MR) is 66.6 cm³/mol. The molecule has 0 amide bonds. The highest BCUT2D eigenvalue weighted by Gasteiger charge is 2.08. The van der Waals surface area contributed by atoms with E-state index in [0.717, 1.165) is 18.9 Å². The third kappa shape index (κ3) is 3.74. The molecule has 90 valence electrons. The van der Waals surface area contributed by atoms with Gasteiger partial charge in [-0.05, 0) is 34.3 Å². The van der Waals surface area contributed by atoms with Crippen LogP contribution in [0.5, 0.6) is 0 Å². The topological polar surface area (TPSA) is 12.0 Å². The van der Waals surface area contributed by atoms with E-state index in [1.165, 1.54) is 6.07 Å². The Balaban J connectivity index is 2.63. The first-order valence-electron chi connectivity index (χ1n) is 5.43. The molecular weight excluding hydrogens is 276 g/mol. The summed E-state index contributed by atoms with van der Waals surface area (Å²) in [5.41, 5.74) is 0.226. The van der Waals surface area contributed by atoms with Gasteiger partial charge in [0, 0.05) is 12.6 Å². The molecule has 1 aromatic rings. The van der Waals surface area contributed by atoms with Crippen molar-refractivity contribution in [1.29, 1.82) is 0 Å². The number of halogens is 3. The van der Waals surface area contributed by atoms with Gasteiger partial charge in [-0.2, -0.15) is 0 Å². The first kappa shape index (κ1) is 13.4. The highest BCUT2D eigenvalue weighted by atomic mass is 79.9. The molecule has 0 aromatic heterocycles. The second-order valence-electron chi connectivity index (χ2n) is 4.02. The second-order valence-corrected chi connectivity index (χ2v) is 4.88. The molecule has 0 fully saturated rings. The van der Waals surface area contributed by atoms with Gasteiger partial charge < -0.3 is 5.32 Å². The van der Waals surface area contributed by atoms with Crippen LogP contribution in [0.1, 0.15) is 26.7 Å². The van der Waals surface area contributed by atoms with Gasteiger partial charge in [-0.3, -0.25) is 0 Å². The van der Waals surface area contributed by atoms with Gasteiger partial charge in [0.15, 0.2) is 0 Å². The van der Waals surface area contributed by atoms with Crippen LogP contribution in [0.4, 0.5) is 14.5 Å². The van der Waals surface area contributed by atoms with E-state index in [2.05, 4.69) is 35.1 Å². The maximum absolute atomic E-state index is 13.4. The summed E-state index contributed by atoms with van der Waals surface area (Å²) < 4.78 is 26.7. The summed E-state index contributed by atoms with van der Waals surface area (Å²) in [6.45, 7) is 4.85. The summed E-state index contributed by atoms with van der Waals surface area (Å²) in [4.78, 5) is 0. The van der Waals surface area contributed by atoms with Crippen molar-refractivity contribution in [3.8, 4) is 0 Å². The minimum Gasteiger partial charge on any atom is -0.382 e. The SMILES string of the molecule is CCCC(C)CNc1cc(F)c(Br)cc1F. The van der Waals surface area contributed by atoms with Crippen LogP contribution in [-0.4, -0.2) is 6.54 Å². The maximum atomic E-state index is 13.4. The summed E-state index contributed by atoms with van der Waals surface area (Å²) >= 11 is 2.94. The molecular formula is C12H16BrF2N. The maximum Gasteiger partial charge on any atom is 0.147 e. The zero-order chi connectivity index (χ0) is 12.1. The predicted octanol–water partition coefficient (Wildman–Crippen LogP) is 4.58. The number of hydrogen-bond donors (Lipinski definition) is 1. The average molecular weight is 292 g/mol. The van der Waals surface area contributed by atoms with Crippen molar-refractivity contribution in [3.63, 3.8) is 0 Å². The largest absolute Gasteiger partial charge is 0.382 e. The normalized spacial score (nSPS) is 12.6. The van der Waals surface area contributed by atoms with Gasteiger partial charge in [0.2, 0.25) is 0 Å². The molecule has 0 saturated heterocycles. The van der Waals surface area contributed by atoms with E-state index >= 15 is 0 Å². The Morgan fingerprint density at radius 2 is 2.00 bits per heavy atom. The summed E-state index contributed by atoms with van der Waals surface area (Å²) in [7, 11) is 0. The van der Waals surface area contributed by atoms with E-state index in [1.54, 1.807) is 0 Å². The molecule has 1 nitrogen and oxygen atoms in total. The minimum atomic E-state index is -0.452. The number of benzene rings is 1. The van der Waals surface area contributed by atoms with Gasteiger partial charge >= 0.3 is 0 Å². The molecule has 0 saturated carbocycles. The van der Waals surface area contributed by atoms with E-state index < -0.39 is 11.6 Å². The van der Waals surface area contributed by atoms with E-state index in [-0.39, 0.29) is 10.2 Å². The molecule has 16 heavy (non-hydrogen) atoms. The van der Waals surface area contributed by atoms with E-state index in [1.807, 2.05) is 0 Å². The van der Waals surface area contributed by atoms with Crippen LogP contribution < -0.4 is 5.32 Å². The van der Waals surface area contributed by atoms with Gasteiger partial charge in [0.1, 0.15) is 11.6 Å². The summed E-state index contributed by atoms with van der Waals surface area (Å²) in [5, 5.41) is 2.93. The number of nitrogens with one attached hydrogen (secondary N) is 1.